The van der Waals surface area contributed by atoms with E-state index >= 15 is 0 Å². The van der Waals surface area contributed by atoms with Gasteiger partial charge in [0.15, 0.2) is 0 Å². The van der Waals surface area contributed by atoms with Gasteiger partial charge in [0.05, 0.1) is 6.04 Å². The molecule has 0 aliphatic heterocycles. The van der Waals surface area contributed by atoms with Gasteiger partial charge in [-0.25, -0.2) is 4.39 Å². The molecule has 94 valence electrons. The summed E-state index contributed by atoms with van der Waals surface area (Å²) >= 11 is 5.67. The van der Waals surface area contributed by atoms with Crippen molar-refractivity contribution in [1.29, 1.82) is 0 Å². The minimum atomic E-state index is -0.572. The standard InChI is InChI=1S/C12H16ClFN2O/c1-2-3-4-11(15)12(17)16-10-6-8(13)5-9(14)7-10/h5-7,11H,2-4,15H2,1H3,(H,16,17)/t11-/m0/s1. The van der Waals surface area contributed by atoms with Crippen molar-refractivity contribution in [2.75, 3.05) is 5.32 Å². The predicted molar refractivity (Wildman–Crippen MR) is 67.5 cm³/mol. The maximum Gasteiger partial charge on any atom is 0.241 e. The molecule has 0 fully saturated rings. The number of halogens is 2. The smallest absolute Gasteiger partial charge is 0.241 e. The van der Waals surface area contributed by atoms with Gasteiger partial charge in [0.2, 0.25) is 5.91 Å². The lowest BCUT2D eigenvalue weighted by Crippen LogP contribution is -2.35. The summed E-state index contributed by atoms with van der Waals surface area (Å²) in [6.45, 7) is 2.02. The van der Waals surface area contributed by atoms with Crippen LogP contribution in [-0.4, -0.2) is 11.9 Å². The topological polar surface area (TPSA) is 55.1 Å². The summed E-state index contributed by atoms with van der Waals surface area (Å²) in [6, 6.07) is 3.29. The zero-order chi connectivity index (χ0) is 12.8. The minimum absolute atomic E-state index is 0.238. The molecular formula is C12H16ClFN2O. The Balaban J connectivity index is 2.61. The molecule has 3 nitrogen and oxygen atoms in total. The Bertz CT molecular complexity index is 378. The van der Waals surface area contributed by atoms with Crippen LogP contribution in [-0.2, 0) is 4.79 Å². The van der Waals surface area contributed by atoms with Gasteiger partial charge in [0.1, 0.15) is 5.82 Å². The fourth-order valence-electron chi connectivity index (χ4n) is 1.42. The normalized spacial score (nSPS) is 12.2. The first-order valence-corrected chi connectivity index (χ1v) is 5.93. The Kier molecular flexibility index (Phi) is 5.38. The molecule has 5 heteroatoms. The van der Waals surface area contributed by atoms with Crippen LogP contribution in [0.4, 0.5) is 10.1 Å². The summed E-state index contributed by atoms with van der Waals surface area (Å²) in [5.41, 5.74) is 6.01. The maximum absolute atomic E-state index is 13.0. The Hall–Kier alpha value is -1.13. The van der Waals surface area contributed by atoms with Gasteiger partial charge in [-0.1, -0.05) is 31.4 Å². The number of rotatable bonds is 5. The van der Waals surface area contributed by atoms with Gasteiger partial charge in [0.25, 0.3) is 0 Å². The lowest BCUT2D eigenvalue weighted by molar-refractivity contribution is -0.117. The van der Waals surface area contributed by atoms with E-state index in [9.17, 15) is 9.18 Å². The molecule has 3 N–H and O–H groups in total. The number of anilines is 1. The highest BCUT2D eigenvalue weighted by Gasteiger charge is 2.13. The van der Waals surface area contributed by atoms with Gasteiger partial charge >= 0.3 is 0 Å². The molecule has 0 radical (unpaired) electrons. The van der Waals surface area contributed by atoms with Crippen molar-refractivity contribution in [2.24, 2.45) is 5.73 Å². The number of amides is 1. The van der Waals surface area contributed by atoms with Crippen molar-refractivity contribution in [3.8, 4) is 0 Å². The van der Waals surface area contributed by atoms with E-state index in [1.165, 1.54) is 18.2 Å². The van der Waals surface area contributed by atoms with Crippen LogP contribution in [0.1, 0.15) is 26.2 Å². The van der Waals surface area contributed by atoms with Crippen LogP contribution in [0.15, 0.2) is 18.2 Å². The van der Waals surface area contributed by atoms with Crippen molar-refractivity contribution in [2.45, 2.75) is 32.2 Å². The number of hydrogen-bond donors (Lipinski definition) is 2. The van der Waals surface area contributed by atoms with Gasteiger partial charge in [-0.05, 0) is 24.6 Å². The fourth-order valence-corrected chi connectivity index (χ4v) is 1.64. The molecule has 0 aromatic heterocycles. The lowest BCUT2D eigenvalue weighted by Gasteiger charge is -2.12. The van der Waals surface area contributed by atoms with Crippen LogP contribution in [0, 0.1) is 5.82 Å². The average Bonchev–Trinajstić information content (AvgIpc) is 2.24. The predicted octanol–water partition coefficient (Wildman–Crippen LogP) is 2.94. The SMILES string of the molecule is CCCC[C@H](N)C(=O)Nc1cc(F)cc(Cl)c1. The molecule has 1 atom stereocenters. The molecule has 1 amide bonds. The van der Waals surface area contributed by atoms with E-state index in [0.29, 0.717) is 12.1 Å². The summed E-state index contributed by atoms with van der Waals surface area (Å²) in [5, 5.41) is 2.78. The molecular weight excluding hydrogens is 243 g/mol. The highest BCUT2D eigenvalue weighted by molar-refractivity contribution is 6.30. The van der Waals surface area contributed by atoms with Crippen LogP contribution < -0.4 is 11.1 Å². The second-order valence-electron chi connectivity index (χ2n) is 3.90. The first kappa shape index (κ1) is 13.9. The van der Waals surface area contributed by atoms with Crippen molar-refractivity contribution in [1.82, 2.24) is 0 Å². The highest BCUT2D eigenvalue weighted by atomic mass is 35.5. The van der Waals surface area contributed by atoms with Gasteiger partial charge in [0, 0.05) is 10.7 Å². The molecule has 0 bridgehead atoms. The molecule has 0 saturated carbocycles. The molecule has 1 aromatic rings. The summed E-state index contributed by atoms with van der Waals surface area (Å²) < 4.78 is 13.0. The Labute approximate surface area is 105 Å². The first-order valence-electron chi connectivity index (χ1n) is 5.55. The van der Waals surface area contributed by atoms with Crippen molar-refractivity contribution in [3.63, 3.8) is 0 Å². The van der Waals surface area contributed by atoms with E-state index in [4.69, 9.17) is 17.3 Å². The van der Waals surface area contributed by atoms with Crippen LogP contribution >= 0.6 is 11.6 Å². The molecule has 1 aromatic carbocycles. The van der Waals surface area contributed by atoms with E-state index in [2.05, 4.69) is 5.32 Å². The highest BCUT2D eigenvalue weighted by Crippen LogP contribution is 2.18. The Morgan fingerprint density at radius 3 is 2.82 bits per heavy atom. The molecule has 0 aliphatic carbocycles. The van der Waals surface area contributed by atoms with Crippen LogP contribution in [0.2, 0.25) is 5.02 Å². The number of nitrogens with one attached hydrogen (secondary N) is 1. The second-order valence-corrected chi connectivity index (χ2v) is 4.33. The average molecular weight is 259 g/mol. The number of unbranched alkanes of at least 4 members (excludes halogenated alkanes) is 1. The van der Waals surface area contributed by atoms with Crippen molar-refractivity contribution in [3.05, 3.63) is 29.0 Å². The van der Waals surface area contributed by atoms with Crippen LogP contribution in [0.3, 0.4) is 0 Å². The third-order valence-electron chi connectivity index (χ3n) is 2.34. The Morgan fingerprint density at radius 2 is 2.24 bits per heavy atom. The summed E-state index contributed by atoms with van der Waals surface area (Å²) in [5.74, 6) is -0.810. The third kappa shape index (κ3) is 4.71. The molecule has 0 saturated heterocycles. The van der Waals surface area contributed by atoms with E-state index in [1.54, 1.807) is 0 Å². The zero-order valence-electron chi connectivity index (χ0n) is 9.67. The fraction of sp³-hybridized carbons (Fsp3) is 0.417. The number of benzene rings is 1. The van der Waals surface area contributed by atoms with E-state index in [-0.39, 0.29) is 10.9 Å². The molecule has 17 heavy (non-hydrogen) atoms. The summed E-state index contributed by atoms with van der Waals surface area (Å²) in [6.07, 6.45) is 2.48. The van der Waals surface area contributed by atoms with E-state index in [1.807, 2.05) is 6.92 Å². The molecule has 0 heterocycles. The molecule has 0 unspecified atom stereocenters. The summed E-state index contributed by atoms with van der Waals surface area (Å²) in [4.78, 5) is 11.6. The van der Waals surface area contributed by atoms with Gasteiger partial charge in [-0.3, -0.25) is 4.79 Å². The van der Waals surface area contributed by atoms with Gasteiger partial charge in [-0.15, -0.1) is 0 Å². The minimum Gasteiger partial charge on any atom is -0.325 e. The number of carbonyl (C=O) groups excluding carboxylic acids is 1. The quantitative estimate of drug-likeness (QED) is 0.853. The lowest BCUT2D eigenvalue weighted by atomic mass is 10.1. The first-order chi connectivity index (χ1) is 8.02. The van der Waals surface area contributed by atoms with E-state index < -0.39 is 11.9 Å². The molecule has 0 aliphatic rings. The largest absolute Gasteiger partial charge is 0.325 e. The number of carbonyl (C=O) groups is 1. The third-order valence-corrected chi connectivity index (χ3v) is 2.55. The maximum atomic E-state index is 13.0. The molecule has 0 spiro atoms. The number of nitrogens with two attached hydrogens (primary N) is 1. The monoisotopic (exact) mass is 258 g/mol. The van der Waals surface area contributed by atoms with Crippen LogP contribution in [0.5, 0.6) is 0 Å². The van der Waals surface area contributed by atoms with Gasteiger partial charge < -0.3 is 11.1 Å². The zero-order valence-corrected chi connectivity index (χ0v) is 10.4. The van der Waals surface area contributed by atoms with Crippen LogP contribution in [0.25, 0.3) is 0 Å². The van der Waals surface area contributed by atoms with E-state index in [0.717, 1.165) is 12.8 Å². The Morgan fingerprint density at radius 1 is 1.53 bits per heavy atom. The number of hydrogen-bond acceptors (Lipinski definition) is 2. The van der Waals surface area contributed by atoms with Crippen molar-refractivity contribution < 1.29 is 9.18 Å². The van der Waals surface area contributed by atoms with Gasteiger partial charge in [-0.2, -0.15) is 0 Å². The molecule has 1 rings (SSSR count). The van der Waals surface area contributed by atoms with Crippen molar-refractivity contribution >= 4 is 23.2 Å². The second kappa shape index (κ2) is 6.57. The summed E-state index contributed by atoms with van der Waals surface area (Å²) in [7, 11) is 0.